The minimum atomic E-state index is -0.278. The molecule has 0 radical (unpaired) electrons. The third-order valence-electron chi connectivity index (χ3n) is 2.75. The Kier molecular flexibility index (Phi) is 5.31. The Hall–Kier alpha value is -0.240. The van der Waals surface area contributed by atoms with E-state index in [-0.39, 0.29) is 11.3 Å². The molecule has 2 nitrogen and oxygen atoms in total. The van der Waals surface area contributed by atoms with Crippen LogP contribution in [0.5, 0.6) is 0 Å². The summed E-state index contributed by atoms with van der Waals surface area (Å²) in [4.78, 5) is 13.6. The maximum atomic E-state index is 11.7. The summed E-state index contributed by atoms with van der Waals surface area (Å²) in [5.41, 5.74) is 0. The van der Waals surface area contributed by atoms with Gasteiger partial charge in [0, 0.05) is 13.1 Å². The predicted molar refractivity (Wildman–Crippen MR) is 59.6 cm³/mol. The van der Waals surface area contributed by atoms with Crippen molar-refractivity contribution in [1.82, 2.24) is 4.90 Å². The van der Waals surface area contributed by atoms with E-state index in [9.17, 15) is 4.79 Å². The van der Waals surface area contributed by atoms with Crippen molar-refractivity contribution in [3.8, 4) is 0 Å². The van der Waals surface area contributed by atoms with Gasteiger partial charge in [-0.25, -0.2) is 0 Å². The molecule has 1 aliphatic heterocycles. The number of carbonyl (C=O) groups excluding carboxylic acids is 1. The molecule has 1 atom stereocenters. The zero-order chi connectivity index (χ0) is 10.4. The van der Waals surface area contributed by atoms with E-state index in [0.29, 0.717) is 0 Å². The molecule has 1 rings (SSSR count). The minimum Gasteiger partial charge on any atom is -0.341 e. The van der Waals surface area contributed by atoms with Crippen LogP contribution in [-0.4, -0.2) is 29.3 Å². The number of amides is 1. The van der Waals surface area contributed by atoms with Crippen LogP contribution in [-0.2, 0) is 4.79 Å². The third-order valence-corrected chi connectivity index (χ3v) is 3.15. The molecule has 0 aromatic heterocycles. The lowest BCUT2D eigenvalue weighted by atomic mass is 10.1. The average molecular weight is 218 g/mol. The summed E-state index contributed by atoms with van der Waals surface area (Å²) in [5.74, 6) is 0.153. The monoisotopic (exact) mass is 217 g/mol. The molecule has 0 saturated carbocycles. The SMILES string of the molecule is CCCCCC(Cl)C(=O)N1CCCC1. The van der Waals surface area contributed by atoms with E-state index in [4.69, 9.17) is 11.6 Å². The zero-order valence-corrected chi connectivity index (χ0v) is 9.72. The van der Waals surface area contributed by atoms with Crippen LogP contribution >= 0.6 is 11.6 Å². The van der Waals surface area contributed by atoms with E-state index in [1.54, 1.807) is 0 Å². The molecule has 0 aliphatic carbocycles. The number of nitrogens with zero attached hydrogens (tertiary/aromatic N) is 1. The topological polar surface area (TPSA) is 20.3 Å². The van der Waals surface area contributed by atoms with Gasteiger partial charge in [-0.3, -0.25) is 4.79 Å². The fraction of sp³-hybridized carbons (Fsp3) is 0.909. The molecule has 0 aromatic carbocycles. The summed E-state index contributed by atoms with van der Waals surface area (Å²) in [6, 6.07) is 0. The molecule has 0 N–H and O–H groups in total. The van der Waals surface area contributed by atoms with Gasteiger partial charge in [0.25, 0.3) is 0 Å². The van der Waals surface area contributed by atoms with Gasteiger partial charge in [-0.05, 0) is 19.3 Å². The van der Waals surface area contributed by atoms with Gasteiger partial charge >= 0.3 is 0 Å². The van der Waals surface area contributed by atoms with Gasteiger partial charge in [-0.15, -0.1) is 11.6 Å². The smallest absolute Gasteiger partial charge is 0.240 e. The number of unbranched alkanes of at least 4 members (excludes halogenated alkanes) is 2. The molecule has 1 saturated heterocycles. The first kappa shape index (κ1) is 11.8. The lowest BCUT2D eigenvalue weighted by Crippen LogP contribution is -2.34. The maximum Gasteiger partial charge on any atom is 0.240 e. The van der Waals surface area contributed by atoms with Gasteiger partial charge in [0.2, 0.25) is 5.91 Å². The van der Waals surface area contributed by atoms with Crippen LogP contribution in [0.2, 0.25) is 0 Å². The second-order valence-corrected chi connectivity index (χ2v) is 4.52. The summed E-state index contributed by atoms with van der Waals surface area (Å²) in [6.45, 7) is 3.98. The van der Waals surface area contributed by atoms with Crippen LogP contribution < -0.4 is 0 Å². The van der Waals surface area contributed by atoms with Crippen molar-refractivity contribution in [3.63, 3.8) is 0 Å². The van der Waals surface area contributed by atoms with Gasteiger partial charge in [0.05, 0.1) is 0 Å². The highest BCUT2D eigenvalue weighted by atomic mass is 35.5. The van der Waals surface area contributed by atoms with Crippen LogP contribution in [0.4, 0.5) is 0 Å². The quantitative estimate of drug-likeness (QED) is 0.512. The van der Waals surface area contributed by atoms with Crippen molar-refractivity contribution in [2.45, 2.75) is 50.8 Å². The molecule has 3 heteroatoms. The van der Waals surface area contributed by atoms with Crippen LogP contribution in [0.25, 0.3) is 0 Å². The fourth-order valence-corrected chi connectivity index (χ4v) is 2.12. The molecule has 1 aliphatic rings. The molecule has 14 heavy (non-hydrogen) atoms. The van der Waals surface area contributed by atoms with Crippen molar-refractivity contribution in [2.24, 2.45) is 0 Å². The Bertz CT molecular complexity index is 178. The predicted octanol–water partition coefficient (Wildman–Crippen LogP) is 2.80. The molecule has 1 fully saturated rings. The van der Waals surface area contributed by atoms with E-state index in [2.05, 4.69) is 6.92 Å². The van der Waals surface area contributed by atoms with E-state index in [1.165, 1.54) is 12.8 Å². The Morgan fingerprint density at radius 3 is 2.57 bits per heavy atom. The Balaban J connectivity index is 2.21. The summed E-state index contributed by atoms with van der Waals surface area (Å²) in [5, 5.41) is -0.278. The average Bonchev–Trinajstić information content (AvgIpc) is 2.69. The number of hydrogen-bond donors (Lipinski definition) is 0. The van der Waals surface area contributed by atoms with Gasteiger partial charge < -0.3 is 4.90 Å². The number of carbonyl (C=O) groups is 1. The van der Waals surface area contributed by atoms with E-state index < -0.39 is 0 Å². The molecule has 1 amide bonds. The molecular formula is C11H20ClNO. The van der Waals surface area contributed by atoms with E-state index >= 15 is 0 Å². The Labute approximate surface area is 91.6 Å². The van der Waals surface area contributed by atoms with Crippen molar-refractivity contribution in [2.75, 3.05) is 13.1 Å². The number of likely N-dealkylation sites (tertiary alicyclic amines) is 1. The van der Waals surface area contributed by atoms with Gasteiger partial charge in [-0.1, -0.05) is 26.2 Å². The van der Waals surface area contributed by atoms with Gasteiger partial charge in [0.1, 0.15) is 5.38 Å². The first-order valence-corrected chi connectivity index (χ1v) is 6.12. The summed E-state index contributed by atoms with van der Waals surface area (Å²) >= 11 is 6.06. The van der Waals surface area contributed by atoms with E-state index in [0.717, 1.165) is 38.8 Å². The second-order valence-electron chi connectivity index (χ2n) is 4.00. The zero-order valence-electron chi connectivity index (χ0n) is 8.97. The molecule has 82 valence electrons. The molecular weight excluding hydrogens is 198 g/mol. The largest absolute Gasteiger partial charge is 0.341 e. The first-order valence-electron chi connectivity index (χ1n) is 5.68. The second kappa shape index (κ2) is 6.28. The van der Waals surface area contributed by atoms with Crippen LogP contribution in [0.1, 0.15) is 45.4 Å². The van der Waals surface area contributed by atoms with Crippen LogP contribution in [0.15, 0.2) is 0 Å². The molecule has 1 heterocycles. The fourth-order valence-electron chi connectivity index (χ4n) is 1.83. The number of hydrogen-bond acceptors (Lipinski definition) is 1. The van der Waals surface area contributed by atoms with Crippen molar-refractivity contribution in [3.05, 3.63) is 0 Å². The molecule has 0 spiro atoms. The normalized spacial score (nSPS) is 18.6. The highest BCUT2D eigenvalue weighted by Gasteiger charge is 2.23. The first-order chi connectivity index (χ1) is 6.75. The minimum absolute atomic E-state index is 0.153. The van der Waals surface area contributed by atoms with Gasteiger partial charge in [-0.2, -0.15) is 0 Å². The Morgan fingerprint density at radius 2 is 2.00 bits per heavy atom. The lowest BCUT2D eigenvalue weighted by molar-refractivity contribution is -0.129. The highest BCUT2D eigenvalue weighted by molar-refractivity contribution is 6.30. The molecule has 1 unspecified atom stereocenters. The lowest BCUT2D eigenvalue weighted by Gasteiger charge is -2.18. The number of alkyl halides is 1. The number of rotatable bonds is 5. The van der Waals surface area contributed by atoms with Crippen LogP contribution in [0, 0.1) is 0 Å². The van der Waals surface area contributed by atoms with Crippen LogP contribution in [0.3, 0.4) is 0 Å². The maximum absolute atomic E-state index is 11.7. The number of halogens is 1. The summed E-state index contributed by atoms with van der Waals surface area (Å²) < 4.78 is 0. The molecule has 0 aromatic rings. The summed E-state index contributed by atoms with van der Waals surface area (Å²) in [7, 11) is 0. The van der Waals surface area contributed by atoms with Crippen molar-refractivity contribution < 1.29 is 4.79 Å². The standard InChI is InChI=1S/C11H20ClNO/c1-2-3-4-7-10(12)11(14)13-8-5-6-9-13/h10H,2-9H2,1H3. The highest BCUT2D eigenvalue weighted by Crippen LogP contribution is 2.16. The third kappa shape index (κ3) is 3.49. The molecule has 0 bridgehead atoms. The van der Waals surface area contributed by atoms with E-state index in [1.807, 2.05) is 4.90 Å². The summed E-state index contributed by atoms with van der Waals surface area (Å²) in [6.07, 6.45) is 6.56. The van der Waals surface area contributed by atoms with Crippen molar-refractivity contribution in [1.29, 1.82) is 0 Å². The Morgan fingerprint density at radius 1 is 1.36 bits per heavy atom. The van der Waals surface area contributed by atoms with Gasteiger partial charge in [0.15, 0.2) is 0 Å². The van der Waals surface area contributed by atoms with Crippen molar-refractivity contribution >= 4 is 17.5 Å².